The van der Waals surface area contributed by atoms with E-state index in [9.17, 15) is 4.79 Å². The third-order valence-corrected chi connectivity index (χ3v) is 10.1. The van der Waals surface area contributed by atoms with Crippen molar-refractivity contribution < 1.29 is 4.79 Å². The van der Waals surface area contributed by atoms with Crippen molar-refractivity contribution in [2.24, 2.45) is 17.8 Å². The molecule has 2 heterocycles. The topological polar surface area (TPSA) is 33.2 Å². The van der Waals surface area contributed by atoms with Gasteiger partial charge in [0, 0.05) is 45.6 Å². The lowest BCUT2D eigenvalue weighted by atomic mass is 9.76. The molecule has 0 radical (unpaired) electrons. The molecule has 3 nitrogen and oxygen atoms in total. The molecule has 3 aliphatic rings. The maximum absolute atomic E-state index is 13.2. The van der Waals surface area contributed by atoms with E-state index >= 15 is 0 Å². The van der Waals surface area contributed by atoms with Gasteiger partial charge in [0.1, 0.15) is 0 Å². The smallest absolute Gasteiger partial charge is 0.222 e. The minimum absolute atomic E-state index is 0.226. The molecule has 1 aliphatic heterocycles. The van der Waals surface area contributed by atoms with Gasteiger partial charge in [-0.2, -0.15) is 0 Å². The Morgan fingerprint density at radius 1 is 1.00 bits per heavy atom. The van der Waals surface area contributed by atoms with Crippen LogP contribution in [-0.4, -0.2) is 28.9 Å². The number of aromatic nitrogens is 1. The lowest BCUT2D eigenvalue weighted by Gasteiger charge is -2.38. The van der Waals surface area contributed by atoms with Crippen molar-refractivity contribution in [1.82, 2.24) is 9.88 Å². The van der Waals surface area contributed by atoms with Gasteiger partial charge in [0.05, 0.1) is 5.69 Å². The van der Waals surface area contributed by atoms with E-state index in [-0.39, 0.29) is 5.92 Å². The quantitative estimate of drug-likeness (QED) is 0.344. The fraction of sp³-hybridized carbons (Fsp3) is 0.586. The summed E-state index contributed by atoms with van der Waals surface area (Å²) >= 11 is 13.9. The summed E-state index contributed by atoms with van der Waals surface area (Å²) in [6.45, 7) is 4.01. The third-order valence-electron chi connectivity index (χ3n) is 8.79. The summed E-state index contributed by atoms with van der Waals surface area (Å²) in [5.74, 6) is 2.53. The molecule has 0 spiro atoms. The molecule has 2 fully saturated rings. The Bertz CT molecular complexity index is 1070. The van der Waals surface area contributed by atoms with Gasteiger partial charge in [-0.3, -0.25) is 9.78 Å². The highest BCUT2D eigenvalue weighted by molar-refractivity contribution is 9.10. The van der Waals surface area contributed by atoms with E-state index < -0.39 is 0 Å². The minimum Gasteiger partial charge on any atom is -0.343 e. The number of carbonyl (C=O) groups is 1. The van der Waals surface area contributed by atoms with Crippen LogP contribution in [0.1, 0.15) is 86.6 Å². The molecule has 2 aromatic rings. The van der Waals surface area contributed by atoms with Gasteiger partial charge in [0.25, 0.3) is 0 Å². The van der Waals surface area contributed by atoms with E-state index in [0.717, 1.165) is 65.1 Å². The number of hydrogen-bond acceptors (Lipinski definition) is 2. The molecule has 0 unspecified atom stereocenters. The summed E-state index contributed by atoms with van der Waals surface area (Å²) in [4.78, 5) is 20.3. The summed E-state index contributed by atoms with van der Waals surface area (Å²) in [5, 5.41) is 0.780. The molecule has 1 amide bonds. The maximum atomic E-state index is 13.2. The molecule has 0 N–H and O–H groups in total. The number of fused-ring (bicyclic) bond motifs is 2. The number of hydrogen-bond donors (Lipinski definition) is 0. The number of likely N-dealkylation sites (tertiary alicyclic amines) is 1. The summed E-state index contributed by atoms with van der Waals surface area (Å²) in [6.07, 6.45) is 13.0. The highest BCUT2D eigenvalue weighted by atomic mass is 79.9. The van der Waals surface area contributed by atoms with E-state index in [2.05, 4.69) is 55.8 Å². The molecule has 2 aliphatic carbocycles. The standard InChI is InChI=1S/C29H35Br2ClN2O/c1-2-18-3-5-19(6-4-18)13-26(35)34-11-9-20(10-12-34)28-27-21(15-24(32)16-25(27)31)7-8-22-14-23(30)17-33-29(22)28/h14-20,28H,2-13H2,1H3/t18?,19?,28-/m1/s1. The fourth-order valence-corrected chi connectivity index (χ4v) is 8.23. The van der Waals surface area contributed by atoms with Gasteiger partial charge >= 0.3 is 0 Å². The van der Waals surface area contributed by atoms with E-state index in [1.54, 1.807) is 0 Å². The number of nitrogens with zero attached hydrogens (tertiary/aromatic N) is 2. The van der Waals surface area contributed by atoms with Crippen molar-refractivity contribution in [3.05, 3.63) is 60.7 Å². The average molecular weight is 623 g/mol. The molecule has 35 heavy (non-hydrogen) atoms. The van der Waals surface area contributed by atoms with Crippen molar-refractivity contribution in [1.29, 1.82) is 0 Å². The monoisotopic (exact) mass is 620 g/mol. The van der Waals surface area contributed by atoms with Gasteiger partial charge in [-0.15, -0.1) is 0 Å². The summed E-state index contributed by atoms with van der Waals surface area (Å²) in [7, 11) is 0. The molecular weight excluding hydrogens is 588 g/mol. The van der Waals surface area contributed by atoms with Gasteiger partial charge < -0.3 is 4.90 Å². The SMILES string of the molecule is CCC1CCC(CC(=O)N2CCC([C@H]3c4ncc(Br)cc4CCc4cc(Cl)cc(Br)c43)CC2)CC1. The third kappa shape index (κ3) is 5.67. The molecule has 1 saturated carbocycles. The normalized spacial score (nSPS) is 25.0. The zero-order valence-corrected chi connectivity index (χ0v) is 24.5. The van der Waals surface area contributed by atoms with Gasteiger partial charge in [-0.1, -0.05) is 53.7 Å². The first-order chi connectivity index (χ1) is 16.9. The van der Waals surface area contributed by atoms with E-state index in [0.29, 0.717) is 17.7 Å². The molecule has 1 atom stereocenters. The lowest BCUT2D eigenvalue weighted by molar-refractivity contribution is -0.134. The number of amides is 1. The van der Waals surface area contributed by atoms with Crippen LogP contribution in [0.2, 0.25) is 5.02 Å². The highest BCUT2D eigenvalue weighted by Gasteiger charge is 2.36. The first kappa shape index (κ1) is 25.7. The molecule has 1 aromatic carbocycles. The van der Waals surface area contributed by atoms with Gasteiger partial charge in [-0.05, 0) is 107 Å². The zero-order valence-electron chi connectivity index (χ0n) is 20.5. The Balaban J connectivity index is 1.32. The van der Waals surface area contributed by atoms with Crippen LogP contribution in [0, 0.1) is 17.8 Å². The number of rotatable bonds is 4. The number of halogens is 3. The van der Waals surface area contributed by atoms with Crippen molar-refractivity contribution >= 4 is 49.4 Å². The largest absolute Gasteiger partial charge is 0.343 e. The average Bonchev–Trinajstić information content (AvgIpc) is 3.01. The first-order valence-corrected chi connectivity index (χ1v) is 15.3. The molecule has 188 valence electrons. The van der Waals surface area contributed by atoms with Crippen molar-refractivity contribution in [2.75, 3.05) is 13.1 Å². The van der Waals surface area contributed by atoms with Crippen LogP contribution < -0.4 is 0 Å². The Kier molecular flexibility index (Phi) is 8.25. The van der Waals surface area contributed by atoms with Crippen LogP contribution in [-0.2, 0) is 17.6 Å². The Morgan fingerprint density at radius 2 is 1.69 bits per heavy atom. The second-order valence-electron chi connectivity index (χ2n) is 10.9. The Labute approximate surface area is 231 Å². The van der Waals surface area contributed by atoms with Crippen LogP contribution in [0.25, 0.3) is 0 Å². The summed E-state index contributed by atoms with van der Waals surface area (Å²) in [6, 6.07) is 6.41. The predicted octanol–water partition coefficient (Wildman–Crippen LogP) is 8.34. The minimum atomic E-state index is 0.226. The fourth-order valence-electron chi connectivity index (χ4n) is 6.73. The molecule has 0 bridgehead atoms. The molecule has 1 saturated heterocycles. The number of benzene rings is 1. The van der Waals surface area contributed by atoms with Crippen LogP contribution in [0.15, 0.2) is 33.3 Å². The van der Waals surface area contributed by atoms with Crippen LogP contribution in [0.3, 0.4) is 0 Å². The molecule has 1 aromatic heterocycles. The van der Waals surface area contributed by atoms with Crippen LogP contribution in [0.5, 0.6) is 0 Å². The summed E-state index contributed by atoms with van der Waals surface area (Å²) in [5.41, 5.74) is 5.20. The maximum Gasteiger partial charge on any atom is 0.222 e. The predicted molar refractivity (Wildman–Crippen MR) is 150 cm³/mol. The Hall–Kier alpha value is -0.910. The van der Waals surface area contributed by atoms with E-state index in [1.165, 1.54) is 54.5 Å². The summed E-state index contributed by atoms with van der Waals surface area (Å²) < 4.78 is 2.12. The number of piperidine rings is 1. The van der Waals surface area contributed by atoms with E-state index in [4.69, 9.17) is 16.6 Å². The molecule has 5 rings (SSSR count). The zero-order chi connectivity index (χ0) is 24.5. The van der Waals surface area contributed by atoms with Crippen LogP contribution in [0.4, 0.5) is 0 Å². The second-order valence-corrected chi connectivity index (χ2v) is 13.1. The number of pyridine rings is 1. The van der Waals surface area contributed by atoms with Crippen molar-refractivity contribution in [3.63, 3.8) is 0 Å². The number of carbonyl (C=O) groups excluding carboxylic acids is 1. The highest BCUT2D eigenvalue weighted by Crippen LogP contribution is 2.46. The van der Waals surface area contributed by atoms with Crippen molar-refractivity contribution in [2.45, 2.75) is 77.0 Å². The lowest BCUT2D eigenvalue weighted by Crippen LogP contribution is -2.41. The van der Waals surface area contributed by atoms with Crippen molar-refractivity contribution in [3.8, 4) is 0 Å². The van der Waals surface area contributed by atoms with Gasteiger partial charge in [0.15, 0.2) is 0 Å². The first-order valence-electron chi connectivity index (χ1n) is 13.3. The Morgan fingerprint density at radius 3 is 2.40 bits per heavy atom. The van der Waals surface area contributed by atoms with Gasteiger partial charge in [-0.25, -0.2) is 0 Å². The van der Waals surface area contributed by atoms with Crippen LogP contribution >= 0.6 is 43.5 Å². The van der Waals surface area contributed by atoms with Gasteiger partial charge in [0.2, 0.25) is 5.91 Å². The number of aryl methyl sites for hydroxylation is 2. The molecular formula is C29H35Br2ClN2O. The molecule has 6 heteroatoms. The second kappa shape index (κ2) is 11.2. The van der Waals surface area contributed by atoms with E-state index in [1.807, 2.05) is 12.3 Å².